The van der Waals surface area contributed by atoms with Gasteiger partial charge in [-0.25, -0.2) is 0 Å². The van der Waals surface area contributed by atoms with Gasteiger partial charge in [0.05, 0.1) is 11.1 Å². The maximum atomic E-state index is 11.4. The topological polar surface area (TPSA) is 81.3 Å². The van der Waals surface area contributed by atoms with E-state index in [-0.39, 0.29) is 11.1 Å². The van der Waals surface area contributed by atoms with Crippen LogP contribution in [0.3, 0.4) is 0 Å². The number of para-hydroxylation sites is 1. The second-order valence-electron chi connectivity index (χ2n) is 2.59. The number of nitriles is 1. The number of hydrogen-bond donors (Lipinski definition) is 2. The molecule has 14 heavy (non-hydrogen) atoms. The third kappa shape index (κ3) is 1.57. The van der Waals surface area contributed by atoms with Gasteiger partial charge in [0.25, 0.3) is 0 Å². The van der Waals surface area contributed by atoms with Crippen LogP contribution in [-0.4, -0.2) is 16.0 Å². The highest BCUT2D eigenvalue weighted by molar-refractivity contribution is 6.12. The van der Waals surface area contributed by atoms with E-state index in [1.54, 1.807) is 6.07 Å². The minimum Gasteiger partial charge on any atom is -0.504 e. The van der Waals surface area contributed by atoms with Gasteiger partial charge in [0.2, 0.25) is 5.78 Å². The largest absolute Gasteiger partial charge is 0.504 e. The Labute approximate surface area is 80.3 Å². The first-order chi connectivity index (χ1) is 6.57. The number of phenols is 2. The molecule has 0 bridgehead atoms. The van der Waals surface area contributed by atoms with E-state index in [4.69, 9.17) is 10.4 Å². The van der Waals surface area contributed by atoms with Gasteiger partial charge in [-0.1, -0.05) is 12.6 Å². The predicted octanol–water partition coefficient (Wildman–Crippen LogP) is 1.36. The average molecular weight is 189 g/mol. The summed E-state index contributed by atoms with van der Waals surface area (Å²) in [6, 6.07) is 5.51. The van der Waals surface area contributed by atoms with Crippen molar-refractivity contribution in [1.29, 1.82) is 5.26 Å². The van der Waals surface area contributed by atoms with Crippen LogP contribution in [0.1, 0.15) is 10.4 Å². The smallest absolute Gasteiger partial charge is 0.206 e. The maximum absolute atomic E-state index is 11.4. The Bertz CT molecular complexity index is 443. The van der Waals surface area contributed by atoms with E-state index in [0.717, 1.165) is 0 Å². The van der Waals surface area contributed by atoms with Gasteiger partial charge in [0, 0.05) is 0 Å². The summed E-state index contributed by atoms with van der Waals surface area (Å²) in [5.74, 6) is -1.63. The Morgan fingerprint density at radius 1 is 1.43 bits per heavy atom. The fourth-order valence-electron chi connectivity index (χ4n) is 0.928. The van der Waals surface area contributed by atoms with Crippen molar-refractivity contribution in [1.82, 2.24) is 0 Å². The molecule has 70 valence electrons. The number of carbonyl (C=O) groups is 1. The summed E-state index contributed by atoms with van der Waals surface area (Å²) < 4.78 is 0. The van der Waals surface area contributed by atoms with E-state index in [2.05, 4.69) is 6.58 Å². The lowest BCUT2D eigenvalue weighted by molar-refractivity contribution is 0.103. The lowest BCUT2D eigenvalue weighted by atomic mass is 10.0. The van der Waals surface area contributed by atoms with E-state index in [9.17, 15) is 9.90 Å². The molecule has 0 amide bonds. The number of aromatic hydroxyl groups is 2. The van der Waals surface area contributed by atoms with Gasteiger partial charge in [-0.15, -0.1) is 0 Å². The Kier molecular flexibility index (Phi) is 2.54. The summed E-state index contributed by atoms with van der Waals surface area (Å²) in [7, 11) is 0. The number of hydrogen-bond acceptors (Lipinski definition) is 4. The average Bonchev–Trinajstić information content (AvgIpc) is 2.20. The van der Waals surface area contributed by atoms with E-state index < -0.39 is 17.3 Å². The highest BCUT2D eigenvalue weighted by Gasteiger charge is 2.16. The van der Waals surface area contributed by atoms with Gasteiger partial charge in [-0.05, 0) is 12.1 Å². The van der Waals surface area contributed by atoms with Gasteiger partial charge in [0.1, 0.15) is 6.07 Å². The van der Waals surface area contributed by atoms with Crippen molar-refractivity contribution >= 4 is 5.78 Å². The minimum absolute atomic E-state index is 0.128. The van der Waals surface area contributed by atoms with Crippen LogP contribution in [0.2, 0.25) is 0 Å². The van der Waals surface area contributed by atoms with Crippen molar-refractivity contribution in [2.45, 2.75) is 0 Å². The van der Waals surface area contributed by atoms with Crippen molar-refractivity contribution in [3.05, 3.63) is 35.9 Å². The second kappa shape index (κ2) is 3.62. The molecule has 1 rings (SSSR count). The van der Waals surface area contributed by atoms with Crippen LogP contribution < -0.4 is 0 Å². The summed E-state index contributed by atoms with van der Waals surface area (Å²) in [4.78, 5) is 11.4. The molecule has 0 saturated heterocycles. The maximum Gasteiger partial charge on any atom is 0.206 e. The normalized spacial score (nSPS) is 9.07. The first kappa shape index (κ1) is 9.81. The molecule has 1 aromatic carbocycles. The Hall–Kier alpha value is -2.28. The van der Waals surface area contributed by atoms with Crippen LogP contribution in [0, 0.1) is 11.3 Å². The van der Waals surface area contributed by atoms with Gasteiger partial charge in [0.15, 0.2) is 11.5 Å². The van der Waals surface area contributed by atoms with Crippen LogP contribution in [0.5, 0.6) is 11.5 Å². The zero-order valence-electron chi connectivity index (χ0n) is 7.19. The Morgan fingerprint density at radius 3 is 2.64 bits per heavy atom. The van der Waals surface area contributed by atoms with Crippen LogP contribution in [0.15, 0.2) is 30.4 Å². The van der Waals surface area contributed by atoms with Crippen LogP contribution in [0.25, 0.3) is 0 Å². The fraction of sp³-hybridized carbons (Fsp3) is 0. The van der Waals surface area contributed by atoms with E-state index in [1.807, 2.05) is 0 Å². The third-order valence-corrected chi connectivity index (χ3v) is 1.67. The molecule has 0 heterocycles. The SMILES string of the molecule is C=C(C#N)C(=O)c1cccc(O)c1O. The highest BCUT2D eigenvalue weighted by atomic mass is 16.3. The van der Waals surface area contributed by atoms with Crippen molar-refractivity contribution in [3.8, 4) is 17.6 Å². The first-order valence-electron chi connectivity index (χ1n) is 3.72. The van der Waals surface area contributed by atoms with Crippen molar-refractivity contribution in [2.24, 2.45) is 0 Å². The van der Waals surface area contributed by atoms with Crippen molar-refractivity contribution in [2.75, 3.05) is 0 Å². The molecule has 0 atom stereocenters. The Morgan fingerprint density at radius 2 is 2.07 bits per heavy atom. The molecule has 0 fully saturated rings. The molecular weight excluding hydrogens is 182 g/mol. The number of benzene rings is 1. The standard InChI is InChI=1S/C10H7NO3/c1-6(5-11)9(13)7-3-2-4-8(12)10(7)14/h2-4,12,14H,1H2. The van der Waals surface area contributed by atoms with Crippen molar-refractivity contribution < 1.29 is 15.0 Å². The third-order valence-electron chi connectivity index (χ3n) is 1.67. The molecule has 0 aliphatic heterocycles. The number of nitrogens with zero attached hydrogens (tertiary/aromatic N) is 1. The number of carbonyl (C=O) groups excluding carboxylic acids is 1. The quantitative estimate of drug-likeness (QED) is 0.318. The molecule has 4 heteroatoms. The number of ketones is 1. The number of phenolic OH excluding ortho intramolecular Hbond substituents is 2. The summed E-state index contributed by atoms with van der Waals surface area (Å²) in [6.07, 6.45) is 0. The Balaban J connectivity index is 3.22. The zero-order chi connectivity index (χ0) is 10.7. The number of allylic oxidation sites excluding steroid dienone is 1. The molecule has 0 radical (unpaired) electrons. The first-order valence-corrected chi connectivity index (χ1v) is 3.72. The van der Waals surface area contributed by atoms with Crippen molar-refractivity contribution in [3.63, 3.8) is 0 Å². The molecule has 2 N–H and O–H groups in total. The lowest BCUT2D eigenvalue weighted by Crippen LogP contribution is -2.00. The second-order valence-corrected chi connectivity index (χ2v) is 2.59. The number of rotatable bonds is 2. The predicted molar refractivity (Wildman–Crippen MR) is 48.9 cm³/mol. The van der Waals surface area contributed by atoms with Crippen LogP contribution in [-0.2, 0) is 0 Å². The minimum atomic E-state index is -0.694. The molecule has 1 aromatic rings. The molecular formula is C10H7NO3. The van der Waals surface area contributed by atoms with E-state index in [0.29, 0.717) is 0 Å². The summed E-state index contributed by atoms with van der Waals surface area (Å²) in [5.41, 5.74) is -0.414. The molecule has 0 saturated carbocycles. The van der Waals surface area contributed by atoms with Gasteiger partial charge in [-0.2, -0.15) is 5.26 Å². The van der Waals surface area contributed by atoms with Crippen LogP contribution >= 0.6 is 0 Å². The van der Waals surface area contributed by atoms with Gasteiger partial charge >= 0.3 is 0 Å². The lowest BCUT2D eigenvalue weighted by Gasteiger charge is -2.02. The van der Waals surface area contributed by atoms with E-state index >= 15 is 0 Å². The fourth-order valence-corrected chi connectivity index (χ4v) is 0.928. The summed E-state index contributed by atoms with van der Waals surface area (Å²) in [5, 5.41) is 26.8. The molecule has 0 unspecified atom stereocenters. The molecule has 0 spiro atoms. The van der Waals surface area contributed by atoms with Crippen LogP contribution in [0.4, 0.5) is 0 Å². The highest BCUT2D eigenvalue weighted by Crippen LogP contribution is 2.29. The molecule has 4 nitrogen and oxygen atoms in total. The van der Waals surface area contributed by atoms with E-state index in [1.165, 1.54) is 18.2 Å². The van der Waals surface area contributed by atoms with Gasteiger partial charge < -0.3 is 10.2 Å². The number of Topliss-reactive ketones (excluding diaryl/α,β-unsaturated/α-hetero) is 1. The summed E-state index contributed by atoms with van der Waals surface area (Å²) >= 11 is 0. The summed E-state index contributed by atoms with van der Waals surface area (Å²) in [6.45, 7) is 3.22. The molecule has 0 aromatic heterocycles. The van der Waals surface area contributed by atoms with Gasteiger partial charge in [-0.3, -0.25) is 4.79 Å². The zero-order valence-corrected chi connectivity index (χ0v) is 7.19. The monoisotopic (exact) mass is 189 g/mol. The molecule has 0 aliphatic rings. The molecule has 0 aliphatic carbocycles.